The van der Waals surface area contributed by atoms with Crippen LogP contribution in [-0.2, 0) is 17.6 Å². The van der Waals surface area contributed by atoms with Crippen molar-refractivity contribution in [3.05, 3.63) is 68.7 Å². The first kappa shape index (κ1) is 19.0. The van der Waals surface area contributed by atoms with Crippen LogP contribution in [0.4, 0.5) is 0 Å². The molecule has 1 fully saturated rings. The standard InChI is InChI=1S/C23H24N2O2S2/c26-23(21-14-17-8-7-16-4-1-2-5-18(16)22(17)29-21)24-15-19(20-6-3-13-28-20)25-9-11-27-12-10-25/h1-6,13-14,19H,7-12,15H2,(H,24,26)/t19-/m1/s1. The zero-order valence-electron chi connectivity index (χ0n) is 16.2. The molecule has 1 aromatic carbocycles. The molecule has 0 bridgehead atoms. The molecule has 1 saturated heterocycles. The first-order chi connectivity index (χ1) is 14.3. The van der Waals surface area contributed by atoms with Crippen LogP contribution in [0.5, 0.6) is 0 Å². The van der Waals surface area contributed by atoms with Gasteiger partial charge in [-0.2, -0.15) is 0 Å². The maximum Gasteiger partial charge on any atom is 0.261 e. The fourth-order valence-electron chi connectivity index (χ4n) is 4.24. The molecule has 1 N–H and O–H groups in total. The normalized spacial score (nSPS) is 17.4. The van der Waals surface area contributed by atoms with Crippen LogP contribution in [0.25, 0.3) is 10.4 Å². The summed E-state index contributed by atoms with van der Waals surface area (Å²) in [5.41, 5.74) is 3.99. The summed E-state index contributed by atoms with van der Waals surface area (Å²) in [6.07, 6.45) is 2.07. The first-order valence-electron chi connectivity index (χ1n) is 10.1. The molecular weight excluding hydrogens is 400 g/mol. The van der Waals surface area contributed by atoms with E-state index in [1.165, 1.54) is 26.4 Å². The second kappa shape index (κ2) is 8.40. The van der Waals surface area contributed by atoms with Crippen molar-refractivity contribution in [2.24, 2.45) is 0 Å². The van der Waals surface area contributed by atoms with Crippen LogP contribution >= 0.6 is 22.7 Å². The van der Waals surface area contributed by atoms with Crippen molar-refractivity contribution in [2.45, 2.75) is 18.9 Å². The maximum absolute atomic E-state index is 13.0. The van der Waals surface area contributed by atoms with Gasteiger partial charge in [0.25, 0.3) is 5.91 Å². The summed E-state index contributed by atoms with van der Waals surface area (Å²) in [5.74, 6) is 0.0386. The van der Waals surface area contributed by atoms with Gasteiger partial charge in [-0.3, -0.25) is 9.69 Å². The van der Waals surface area contributed by atoms with Gasteiger partial charge in [-0.15, -0.1) is 22.7 Å². The van der Waals surface area contributed by atoms with E-state index in [4.69, 9.17) is 4.74 Å². The number of amides is 1. The summed E-state index contributed by atoms with van der Waals surface area (Å²) < 4.78 is 5.51. The Bertz CT molecular complexity index is 990. The number of benzene rings is 1. The first-order valence-corrected chi connectivity index (χ1v) is 11.8. The highest BCUT2D eigenvalue weighted by Crippen LogP contribution is 2.39. The highest BCUT2D eigenvalue weighted by molar-refractivity contribution is 7.17. The largest absolute Gasteiger partial charge is 0.379 e. The number of nitrogens with zero attached hydrogens (tertiary/aromatic N) is 1. The van der Waals surface area contributed by atoms with Gasteiger partial charge in [0.2, 0.25) is 0 Å². The second-order valence-electron chi connectivity index (χ2n) is 7.51. The van der Waals surface area contributed by atoms with Gasteiger partial charge in [-0.25, -0.2) is 0 Å². The predicted octanol–water partition coefficient (Wildman–Crippen LogP) is 4.38. The molecule has 4 nitrogen and oxygen atoms in total. The smallest absolute Gasteiger partial charge is 0.261 e. The van der Waals surface area contributed by atoms with Gasteiger partial charge in [0, 0.05) is 29.4 Å². The molecule has 3 aromatic rings. The monoisotopic (exact) mass is 424 g/mol. The third-order valence-corrected chi connectivity index (χ3v) is 7.96. The van der Waals surface area contributed by atoms with Gasteiger partial charge in [0.15, 0.2) is 0 Å². The molecular formula is C23H24N2O2S2. The molecule has 2 aromatic heterocycles. The zero-order valence-corrected chi connectivity index (χ0v) is 17.9. The van der Waals surface area contributed by atoms with Gasteiger partial charge in [-0.05, 0) is 47.0 Å². The lowest BCUT2D eigenvalue weighted by molar-refractivity contribution is 0.0169. The Hall–Kier alpha value is -1.99. The summed E-state index contributed by atoms with van der Waals surface area (Å²) in [7, 11) is 0. The van der Waals surface area contributed by atoms with E-state index in [-0.39, 0.29) is 11.9 Å². The Morgan fingerprint density at radius 2 is 1.93 bits per heavy atom. The molecule has 1 aliphatic heterocycles. The number of nitrogens with one attached hydrogen (secondary N) is 1. The van der Waals surface area contributed by atoms with Gasteiger partial charge < -0.3 is 10.1 Å². The van der Waals surface area contributed by atoms with Crippen molar-refractivity contribution in [3.63, 3.8) is 0 Å². The SMILES string of the molecule is O=C(NC[C@H](c1cccs1)N1CCOCC1)c1cc2c(s1)-c1ccccc1CC2. The van der Waals surface area contributed by atoms with Gasteiger partial charge in [0.1, 0.15) is 0 Å². The van der Waals surface area contributed by atoms with Crippen LogP contribution < -0.4 is 5.32 Å². The molecule has 0 radical (unpaired) electrons. The van der Waals surface area contributed by atoms with Crippen molar-refractivity contribution < 1.29 is 9.53 Å². The number of thiophene rings is 2. The molecule has 1 aliphatic carbocycles. The quantitative estimate of drug-likeness (QED) is 0.661. The molecule has 29 heavy (non-hydrogen) atoms. The summed E-state index contributed by atoms with van der Waals surface area (Å²) in [6, 6.07) is 15.1. The minimum absolute atomic E-state index is 0.0386. The number of morpholine rings is 1. The molecule has 2 aliphatic rings. The van der Waals surface area contributed by atoms with E-state index in [0.717, 1.165) is 44.0 Å². The summed E-state index contributed by atoms with van der Waals surface area (Å²) in [4.78, 5) is 18.8. The molecule has 0 saturated carbocycles. The Balaban J connectivity index is 1.32. The third-order valence-electron chi connectivity index (χ3n) is 5.77. The molecule has 5 rings (SSSR count). The molecule has 1 amide bonds. The third kappa shape index (κ3) is 3.90. The Morgan fingerprint density at radius 1 is 1.10 bits per heavy atom. The predicted molar refractivity (Wildman–Crippen MR) is 119 cm³/mol. The summed E-state index contributed by atoms with van der Waals surface area (Å²) in [5, 5.41) is 5.32. The number of hydrogen-bond acceptors (Lipinski definition) is 5. The van der Waals surface area contributed by atoms with Crippen LogP contribution in [-0.4, -0.2) is 43.7 Å². The summed E-state index contributed by atoms with van der Waals surface area (Å²) in [6.45, 7) is 3.95. The van der Waals surface area contributed by atoms with Gasteiger partial charge in [-0.1, -0.05) is 30.3 Å². The maximum atomic E-state index is 13.0. The lowest BCUT2D eigenvalue weighted by Crippen LogP contribution is -2.43. The Morgan fingerprint density at radius 3 is 2.76 bits per heavy atom. The van der Waals surface area contributed by atoms with Crippen molar-refractivity contribution in [1.29, 1.82) is 0 Å². The van der Waals surface area contributed by atoms with E-state index in [1.54, 1.807) is 22.7 Å². The van der Waals surface area contributed by atoms with Crippen molar-refractivity contribution in [3.8, 4) is 10.4 Å². The van der Waals surface area contributed by atoms with Crippen LogP contribution in [0.1, 0.15) is 31.7 Å². The molecule has 150 valence electrons. The van der Waals surface area contributed by atoms with E-state index < -0.39 is 0 Å². The molecule has 0 spiro atoms. The minimum atomic E-state index is 0.0386. The fourth-order valence-corrected chi connectivity index (χ4v) is 6.29. The topological polar surface area (TPSA) is 41.6 Å². The lowest BCUT2D eigenvalue weighted by Gasteiger charge is -2.34. The fraction of sp³-hybridized carbons (Fsp3) is 0.348. The highest BCUT2D eigenvalue weighted by atomic mass is 32.1. The van der Waals surface area contributed by atoms with Crippen LogP contribution in [0.15, 0.2) is 47.8 Å². The van der Waals surface area contributed by atoms with E-state index in [2.05, 4.69) is 58.1 Å². The molecule has 0 unspecified atom stereocenters. The van der Waals surface area contributed by atoms with E-state index in [0.29, 0.717) is 6.54 Å². The average Bonchev–Trinajstić information content (AvgIpc) is 3.45. The van der Waals surface area contributed by atoms with Crippen LogP contribution in [0.3, 0.4) is 0 Å². The number of aryl methyl sites for hydroxylation is 2. The highest BCUT2D eigenvalue weighted by Gasteiger charge is 2.25. The van der Waals surface area contributed by atoms with Crippen molar-refractivity contribution >= 4 is 28.6 Å². The second-order valence-corrected chi connectivity index (χ2v) is 9.54. The Kier molecular flexibility index (Phi) is 5.50. The number of carbonyl (C=O) groups is 1. The number of carbonyl (C=O) groups excluding carboxylic acids is 1. The zero-order chi connectivity index (χ0) is 19.6. The molecule has 1 atom stereocenters. The average molecular weight is 425 g/mol. The number of fused-ring (bicyclic) bond motifs is 3. The van der Waals surface area contributed by atoms with Crippen LogP contribution in [0.2, 0.25) is 0 Å². The molecule has 6 heteroatoms. The molecule has 3 heterocycles. The van der Waals surface area contributed by atoms with Gasteiger partial charge >= 0.3 is 0 Å². The Labute approximate surface area is 179 Å². The lowest BCUT2D eigenvalue weighted by atomic mass is 9.91. The van der Waals surface area contributed by atoms with Crippen LogP contribution in [0, 0.1) is 0 Å². The number of rotatable bonds is 5. The van der Waals surface area contributed by atoms with E-state index in [1.807, 2.05) is 0 Å². The minimum Gasteiger partial charge on any atom is -0.379 e. The van der Waals surface area contributed by atoms with Crippen molar-refractivity contribution in [1.82, 2.24) is 10.2 Å². The number of hydrogen-bond donors (Lipinski definition) is 1. The van der Waals surface area contributed by atoms with Crippen molar-refractivity contribution in [2.75, 3.05) is 32.8 Å². The summed E-state index contributed by atoms with van der Waals surface area (Å²) >= 11 is 3.38. The van der Waals surface area contributed by atoms with E-state index in [9.17, 15) is 4.79 Å². The number of ether oxygens (including phenoxy) is 1. The van der Waals surface area contributed by atoms with E-state index >= 15 is 0 Å². The van der Waals surface area contributed by atoms with Gasteiger partial charge in [0.05, 0.1) is 24.1 Å².